The molecule has 88 valence electrons. The Morgan fingerprint density at radius 3 is 2.59 bits per heavy atom. The van der Waals surface area contributed by atoms with Crippen molar-refractivity contribution in [2.45, 2.75) is 19.3 Å². The van der Waals surface area contributed by atoms with E-state index in [1.165, 1.54) is 5.56 Å². The average Bonchev–Trinajstić information content (AvgIpc) is 2.86. The normalized spacial score (nSPS) is 14.0. The predicted octanol–water partition coefficient (Wildman–Crippen LogP) is 2.30. The van der Waals surface area contributed by atoms with Crippen molar-refractivity contribution in [1.82, 2.24) is 9.78 Å². The number of benzene rings is 1. The van der Waals surface area contributed by atoms with Crippen LogP contribution >= 0.6 is 0 Å². The molecule has 0 spiro atoms. The summed E-state index contributed by atoms with van der Waals surface area (Å²) in [5, 5.41) is 4.05. The number of nitrogen functional groups attached to an aromatic ring is 1. The lowest BCUT2D eigenvalue weighted by atomic mass is 10.0. The van der Waals surface area contributed by atoms with Crippen LogP contribution in [0.15, 0.2) is 18.3 Å². The molecule has 0 aliphatic heterocycles. The number of hydrogen-bond donors (Lipinski definition) is 1. The van der Waals surface area contributed by atoms with E-state index in [1.807, 2.05) is 6.07 Å². The third-order valence-corrected chi connectivity index (χ3v) is 3.46. The molecule has 1 aliphatic rings. The molecule has 3 nitrogen and oxygen atoms in total. The first-order valence-corrected chi connectivity index (χ1v) is 5.76. The molecule has 2 N–H and O–H groups in total. The highest BCUT2D eigenvalue weighted by molar-refractivity contribution is 5.75. The van der Waals surface area contributed by atoms with Crippen LogP contribution in [-0.2, 0) is 19.9 Å². The van der Waals surface area contributed by atoms with Gasteiger partial charge in [-0.2, -0.15) is 5.10 Å². The summed E-state index contributed by atoms with van der Waals surface area (Å²) in [6.45, 7) is 0. The summed E-state index contributed by atoms with van der Waals surface area (Å²) in [4.78, 5) is 0. The third-order valence-electron chi connectivity index (χ3n) is 3.46. The fraction of sp³-hybridized carbons (Fsp3) is 0.308. The van der Waals surface area contributed by atoms with Crippen molar-refractivity contribution >= 4 is 5.82 Å². The number of rotatable bonds is 1. The van der Waals surface area contributed by atoms with Gasteiger partial charge < -0.3 is 5.73 Å². The van der Waals surface area contributed by atoms with Crippen molar-refractivity contribution in [1.29, 1.82) is 0 Å². The lowest BCUT2D eigenvalue weighted by molar-refractivity contribution is 0.629. The van der Waals surface area contributed by atoms with Crippen LogP contribution in [0.2, 0.25) is 0 Å². The van der Waals surface area contributed by atoms with E-state index in [-0.39, 0.29) is 5.82 Å². The lowest BCUT2D eigenvalue weighted by Gasteiger charge is -2.06. The number of anilines is 1. The van der Waals surface area contributed by atoms with Gasteiger partial charge in [0, 0.05) is 18.2 Å². The summed E-state index contributed by atoms with van der Waals surface area (Å²) in [6, 6.07) is 3.56. The monoisotopic (exact) mass is 231 g/mol. The van der Waals surface area contributed by atoms with E-state index in [2.05, 4.69) is 5.10 Å². The Morgan fingerprint density at radius 1 is 1.24 bits per heavy atom. The summed E-state index contributed by atoms with van der Waals surface area (Å²) in [6.07, 6.45) is 4.74. The molecule has 0 saturated carbocycles. The molecule has 1 heterocycles. The molecule has 0 atom stereocenters. The highest BCUT2D eigenvalue weighted by Gasteiger charge is 2.18. The molecular weight excluding hydrogens is 217 g/mol. The molecule has 2 aromatic rings. The molecular formula is C13H14FN3. The Labute approximate surface area is 99.1 Å². The quantitative estimate of drug-likeness (QED) is 0.818. The zero-order chi connectivity index (χ0) is 12.0. The standard InChI is InChI=1S/C13H14FN3/c1-17-13(15)11(7-16-17)10-5-8-3-2-4-9(8)6-12(10)14/h5-7H,2-4,15H2,1H3. The molecule has 0 unspecified atom stereocenters. The van der Waals surface area contributed by atoms with Crippen LogP contribution in [0.5, 0.6) is 0 Å². The number of aryl methyl sites for hydroxylation is 3. The van der Waals surface area contributed by atoms with E-state index < -0.39 is 0 Å². The molecule has 1 aliphatic carbocycles. The van der Waals surface area contributed by atoms with E-state index in [0.29, 0.717) is 16.9 Å². The summed E-state index contributed by atoms with van der Waals surface area (Å²) in [7, 11) is 1.75. The second-order valence-corrected chi connectivity index (χ2v) is 4.52. The van der Waals surface area contributed by atoms with Crippen LogP contribution in [0.4, 0.5) is 10.2 Å². The van der Waals surface area contributed by atoms with Gasteiger partial charge in [-0.15, -0.1) is 0 Å². The second-order valence-electron chi connectivity index (χ2n) is 4.52. The van der Waals surface area contributed by atoms with Gasteiger partial charge >= 0.3 is 0 Å². The molecule has 0 saturated heterocycles. The zero-order valence-electron chi connectivity index (χ0n) is 9.70. The number of aromatic nitrogens is 2. The molecule has 0 fully saturated rings. The Bertz CT molecular complexity index is 587. The maximum Gasteiger partial charge on any atom is 0.131 e. The van der Waals surface area contributed by atoms with Crippen LogP contribution in [0.3, 0.4) is 0 Å². The van der Waals surface area contributed by atoms with E-state index >= 15 is 0 Å². The molecule has 17 heavy (non-hydrogen) atoms. The van der Waals surface area contributed by atoms with Crippen LogP contribution < -0.4 is 5.73 Å². The number of fused-ring (bicyclic) bond motifs is 1. The molecule has 3 rings (SSSR count). The molecule has 0 amide bonds. The summed E-state index contributed by atoms with van der Waals surface area (Å²) in [5.74, 6) is 0.298. The Balaban J connectivity index is 2.18. The number of nitrogens with two attached hydrogens (primary N) is 1. The minimum atomic E-state index is -0.203. The summed E-state index contributed by atoms with van der Waals surface area (Å²) < 4.78 is 15.6. The highest BCUT2D eigenvalue weighted by Crippen LogP contribution is 2.33. The van der Waals surface area contributed by atoms with Crippen LogP contribution in [0, 0.1) is 5.82 Å². The van der Waals surface area contributed by atoms with E-state index in [0.717, 1.165) is 24.8 Å². The maximum absolute atomic E-state index is 14.0. The first-order valence-electron chi connectivity index (χ1n) is 5.76. The Kier molecular flexibility index (Phi) is 2.18. The van der Waals surface area contributed by atoms with Crippen LogP contribution in [-0.4, -0.2) is 9.78 Å². The molecule has 0 radical (unpaired) electrons. The van der Waals surface area contributed by atoms with Crippen LogP contribution in [0.25, 0.3) is 11.1 Å². The maximum atomic E-state index is 14.0. The first kappa shape index (κ1) is 10.3. The van der Waals surface area contributed by atoms with E-state index in [4.69, 9.17) is 5.73 Å². The van der Waals surface area contributed by atoms with Crippen LogP contribution in [0.1, 0.15) is 17.5 Å². The average molecular weight is 231 g/mol. The minimum absolute atomic E-state index is 0.203. The van der Waals surface area contributed by atoms with Crippen molar-refractivity contribution in [3.8, 4) is 11.1 Å². The van der Waals surface area contributed by atoms with Gasteiger partial charge in [0.15, 0.2) is 0 Å². The van der Waals surface area contributed by atoms with Gasteiger partial charge in [0.05, 0.1) is 6.20 Å². The van der Waals surface area contributed by atoms with Gasteiger partial charge in [-0.25, -0.2) is 4.39 Å². The molecule has 1 aromatic heterocycles. The van der Waals surface area contributed by atoms with Crippen molar-refractivity contribution < 1.29 is 4.39 Å². The number of hydrogen-bond acceptors (Lipinski definition) is 2. The van der Waals surface area contributed by atoms with Gasteiger partial charge in [0.2, 0.25) is 0 Å². The second kappa shape index (κ2) is 3.58. The van der Waals surface area contributed by atoms with E-state index in [1.54, 1.807) is 24.0 Å². The van der Waals surface area contributed by atoms with Gasteiger partial charge in [-0.3, -0.25) is 4.68 Å². The third kappa shape index (κ3) is 1.52. The van der Waals surface area contributed by atoms with Crippen molar-refractivity contribution in [3.05, 3.63) is 35.3 Å². The van der Waals surface area contributed by atoms with Gasteiger partial charge in [0.1, 0.15) is 11.6 Å². The fourth-order valence-corrected chi connectivity index (χ4v) is 2.45. The van der Waals surface area contributed by atoms with Crippen molar-refractivity contribution in [2.75, 3.05) is 5.73 Å². The van der Waals surface area contributed by atoms with Gasteiger partial charge in [0.25, 0.3) is 0 Å². The topological polar surface area (TPSA) is 43.8 Å². The number of nitrogens with zero attached hydrogens (tertiary/aromatic N) is 2. The predicted molar refractivity (Wildman–Crippen MR) is 65.0 cm³/mol. The van der Waals surface area contributed by atoms with Gasteiger partial charge in [-0.1, -0.05) is 0 Å². The summed E-state index contributed by atoms with van der Waals surface area (Å²) >= 11 is 0. The number of halogens is 1. The molecule has 0 bridgehead atoms. The fourth-order valence-electron chi connectivity index (χ4n) is 2.45. The van der Waals surface area contributed by atoms with E-state index in [9.17, 15) is 4.39 Å². The zero-order valence-corrected chi connectivity index (χ0v) is 9.70. The lowest BCUT2D eigenvalue weighted by Crippen LogP contribution is -1.99. The molecule has 1 aromatic carbocycles. The first-order chi connectivity index (χ1) is 8.16. The Morgan fingerprint density at radius 2 is 1.94 bits per heavy atom. The molecule has 4 heteroatoms. The smallest absolute Gasteiger partial charge is 0.131 e. The summed E-state index contributed by atoms with van der Waals surface area (Å²) in [5.41, 5.74) is 9.50. The highest BCUT2D eigenvalue weighted by atomic mass is 19.1. The van der Waals surface area contributed by atoms with Crippen molar-refractivity contribution in [3.63, 3.8) is 0 Å². The SMILES string of the molecule is Cn1ncc(-c2cc3c(cc2F)CCC3)c1N. The Hall–Kier alpha value is -1.84. The largest absolute Gasteiger partial charge is 0.383 e. The van der Waals surface area contributed by atoms with Crippen molar-refractivity contribution in [2.24, 2.45) is 7.05 Å². The van der Waals surface area contributed by atoms with Gasteiger partial charge in [-0.05, 0) is 42.5 Å². The minimum Gasteiger partial charge on any atom is -0.383 e.